The number of fused-ring (bicyclic) bond motifs is 1. The van der Waals surface area contributed by atoms with E-state index in [0.29, 0.717) is 18.8 Å². The van der Waals surface area contributed by atoms with Gasteiger partial charge in [-0.05, 0) is 23.3 Å². The van der Waals surface area contributed by atoms with E-state index in [9.17, 15) is 14.7 Å². The van der Waals surface area contributed by atoms with Crippen LogP contribution in [0.4, 0.5) is 0 Å². The van der Waals surface area contributed by atoms with Gasteiger partial charge in [0.25, 0.3) is 0 Å². The van der Waals surface area contributed by atoms with Gasteiger partial charge in [0, 0.05) is 19.5 Å². The Bertz CT molecular complexity index is 569. The van der Waals surface area contributed by atoms with Crippen LogP contribution in [0.25, 0.3) is 0 Å². The van der Waals surface area contributed by atoms with Gasteiger partial charge >= 0.3 is 5.97 Å². The number of phenols is 1. The quantitative estimate of drug-likeness (QED) is 0.850. The van der Waals surface area contributed by atoms with Crippen molar-refractivity contribution in [2.24, 2.45) is 5.92 Å². The molecule has 1 aliphatic rings. The summed E-state index contributed by atoms with van der Waals surface area (Å²) in [5.41, 5.74) is 1.84. The number of ether oxygens (including phenoxy) is 2. The number of esters is 1. The van der Waals surface area contributed by atoms with Crippen LogP contribution in [0.5, 0.6) is 11.5 Å². The third-order valence-electron chi connectivity index (χ3n) is 3.66. The molecule has 0 unspecified atom stereocenters. The van der Waals surface area contributed by atoms with Crippen LogP contribution in [-0.4, -0.2) is 36.1 Å². The molecule has 1 aromatic rings. The minimum absolute atomic E-state index is 0.0634. The SMILES string of the molecule is COC(=O)[C@@H](C)CC(=O)N1Cc2cc(O)c(OC)cc2C1. The van der Waals surface area contributed by atoms with Crippen molar-refractivity contribution in [2.75, 3.05) is 14.2 Å². The molecular formula is C15H19NO5. The number of rotatable bonds is 4. The van der Waals surface area contributed by atoms with E-state index in [2.05, 4.69) is 4.74 Å². The average Bonchev–Trinajstić information content (AvgIpc) is 2.87. The molecule has 1 atom stereocenters. The van der Waals surface area contributed by atoms with Crippen molar-refractivity contribution in [1.82, 2.24) is 4.90 Å². The Balaban J connectivity index is 2.05. The number of hydrogen-bond acceptors (Lipinski definition) is 5. The number of benzene rings is 1. The topological polar surface area (TPSA) is 76.1 Å². The van der Waals surface area contributed by atoms with Gasteiger partial charge in [-0.1, -0.05) is 6.92 Å². The smallest absolute Gasteiger partial charge is 0.308 e. The molecular weight excluding hydrogens is 274 g/mol. The first-order chi connectivity index (χ1) is 9.96. The fourth-order valence-corrected chi connectivity index (χ4v) is 2.43. The van der Waals surface area contributed by atoms with Crippen LogP contribution in [0.2, 0.25) is 0 Å². The van der Waals surface area contributed by atoms with Gasteiger partial charge in [-0.3, -0.25) is 9.59 Å². The lowest BCUT2D eigenvalue weighted by molar-refractivity contribution is -0.148. The Kier molecular flexibility index (Phi) is 4.35. The van der Waals surface area contributed by atoms with Gasteiger partial charge < -0.3 is 19.5 Å². The summed E-state index contributed by atoms with van der Waals surface area (Å²) in [6, 6.07) is 3.35. The van der Waals surface area contributed by atoms with Crippen molar-refractivity contribution in [2.45, 2.75) is 26.4 Å². The third kappa shape index (κ3) is 3.09. The number of aromatic hydroxyl groups is 1. The first kappa shape index (κ1) is 15.2. The summed E-state index contributed by atoms with van der Waals surface area (Å²) in [4.78, 5) is 25.2. The molecule has 21 heavy (non-hydrogen) atoms. The fourth-order valence-electron chi connectivity index (χ4n) is 2.43. The number of nitrogens with zero attached hydrogens (tertiary/aromatic N) is 1. The largest absolute Gasteiger partial charge is 0.504 e. The molecule has 1 N–H and O–H groups in total. The zero-order valence-corrected chi connectivity index (χ0v) is 12.4. The minimum Gasteiger partial charge on any atom is -0.504 e. The summed E-state index contributed by atoms with van der Waals surface area (Å²) >= 11 is 0. The molecule has 1 aromatic carbocycles. The molecule has 114 valence electrons. The minimum atomic E-state index is -0.464. The normalized spacial score (nSPS) is 14.5. The maximum absolute atomic E-state index is 12.2. The highest BCUT2D eigenvalue weighted by Crippen LogP contribution is 2.34. The van der Waals surface area contributed by atoms with Gasteiger partial charge in [0.05, 0.1) is 20.1 Å². The highest BCUT2D eigenvalue weighted by Gasteiger charge is 2.27. The van der Waals surface area contributed by atoms with E-state index in [0.717, 1.165) is 11.1 Å². The summed E-state index contributed by atoms with van der Waals surface area (Å²) in [7, 11) is 2.79. The van der Waals surface area contributed by atoms with Crippen LogP contribution < -0.4 is 4.74 Å². The average molecular weight is 293 g/mol. The maximum Gasteiger partial charge on any atom is 0.308 e. The molecule has 0 aliphatic carbocycles. The summed E-state index contributed by atoms with van der Waals surface area (Å²) < 4.78 is 9.69. The fraction of sp³-hybridized carbons (Fsp3) is 0.467. The maximum atomic E-state index is 12.2. The lowest BCUT2D eigenvalue weighted by Crippen LogP contribution is -2.29. The Morgan fingerprint density at radius 2 is 1.90 bits per heavy atom. The van der Waals surface area contributed by atoms with Crippen molar-refractivity contribution in [1.29, 1.82) is 0 Å². The zero-order valence-electron chi connectivity index (χ0n) is 12.4. The molecule has 1 aliphatic heterocycles. The molecule has 0 saturated heterocycles. The van der Waals surface area contributed by atoms with E-state index in [1.807, 2.05) is 0 Å². The summed E-state index contributed by atoms with van der Waals surface area (Å²) in [5, 5.41) is 9.76. The number of carbonyl (C=O) groups is 2. The molecule has 0 spiro atoms. The molecule has 0 bridgehead atoms. The van der Waals surface area contributed by atoms with E-state index < -0.39 is 5.92 Å². The van der Waals surface area contributed by atoms with E-state index in [1.165, 1.54) is 14.2 Å². The van der Waals surface area contributed by atoms with Crippen LogP contribution in [0, 0.1) is 5.92 Å². The summed E-state index contributed by atoms with van der Waals surface area (Å²) in [5.74, 6) is -0.504. The standard InChI is InChI=1S/C15H19NO5/c1-9(15(19)21-3)4-14(18)16-7-10-5-12(17)13(20-2)6-11(10)8-16/h5-6,9,17H,4,7-8H2,1-3H3/t9-/m0/s1. The molecule has 0 aromatic heterocycles. The Morgan fingerprint density at radius 3 is 2.48 bits per heavy atom. The van der Waals surface area contributed by atoms with Crippen LogP contribution in [0.1, 0.15) is 24.5 Å². The molecule has 2 rings (SSSR count). The second-order valence-electron chi connectivity index (χ2n) is 5.17. The van der Waals surface area contributed by atoms with Gasteiger partial charge in [0.2, 0.25) is 5.91 Å². The summed E-state index contributed by atoms with van der Waals surface area (Å²) in [6.45, 7) is 2.56. The van der Waals surface area contributed by atoms with Crippen molar-refractivity contribution >= 4 is 11.9 Å². The molecule has 0 fully saturated rings. The number of carbonyl (C=O) groups excluding carboxylic acids is 2. The number of hydrogen-bond donors (Lipinski definition) is 1. The van der Waals surface area contributed by atoms with Crippen LogP contribution in [0.15, 0.2) is 12.1 Å². The molecule has 0 radical (unpaired) electrons. The molecule has 6 heteroatoms. The Hall–Kier alpha value is -2.24. The number of amides is 1. The van der Waals surface area contributed by atoms with E-state index in [4.69, 9.17) is 4.74 Å². The Labute approximate surface area is 123 Å². The zero-order chi connectivity index (χ0) is 15.6. The highest BCUT2D eigenvalue weighted by molar-refractivity contribution is 5.83. The lowest BCUT2D eigenvalue weighted by Gasteiger charge is -2.17. The van der Waals surface area contributed by atoms with Crippen molar-refractivity contribution in [3.63, 3.8) is 0 Å². The van der Waals surface area contributed by atoms with E-state index in [1.54, 1.807) is 24.0 Å². The first-order valence-electron chi connectivity index (χ1n) is 6.70. The van der Waals surface area contributed by atoms with Crippen molar-refractivity contribution in [3.05, 3.63) is 23.3 Å². The lowest BCUT2D eigenvalue weighted by atomic mass is 10.1. The van der Waals surface area contributed by atoms with Crippen molar-refractivity contribution in [3.8, 4) is 11.5 Å². The summed E-state index contributed by atoms with van der Waals surface area (Å²) in [6.07, 6.45) is 0.115. The van der Waals surface area contributed by atoms with Gasteiger partial charge in [-0.25, -0.2) is 0 Å². The van der Waals surface area contributed by atoms with Gasteiger partial charge in [-0.2, -0.15) is 0 Å². The van der Waals surface area contributed by atoms with Crippen LogP contribution >= 0.6 is 0 Å². The predicted molar refractivity (Wildman–Crippen MR) is 74.7 cm³/mol. The molecule has 6 nitrogen and oxygen atoms in total. The second kappa shape index (κ2) is 6.03. The van der Waals surface area contributed by atoms with E-state index >= 15 is 0 Å². The van der Waals surface area contributed by atoms with Gasteiger partial charge in [-0.15, -0.1) is 0 Å². The van der Waals surface area contributed by atoms with Gasteiger partial charge in [0.15, 0.2) is 11.5 Å². The molecule has 1 heterocycles. The monoisotopic (exact) mass is 293 g/mol. The highest BCUT2D eigenvalue weighted by atomic mass is 16.5. The Morgan fingerprint density at radius 1 is 1.29 bits per heavy atom. The number of methoxy groups -OCH3 is 2. The van der Waals surface area contributed by atoms with Crippen LogP contribution in [-0.2, 0) is 27.4 Å². The predicted octanol–water partition coefficient (Wildman–Crippen LogP) is 1.44. The number of phenolic OH excluding ortho intramolecular Hbond substituents is 1. The van der Waals surface area contributed by atoms with E-state index in [-0.39, 0.29) is 24.0 Å². The third-order valence-corrected chi connectivity index (χ3v) is 3.66. The second-order valence-corrected chi connectivity index (χ2v) is 5.17. The van der Waals surface area contributed by atoms with Gasteiger partial charge in [0.1, 0.15) is 0 Å². The van der Waals surface area contributed by atoms with Crippen molar-refractivity contribution < 1.29 is 24.2 Å². The first-order valence-corrected chi connectivity index (χ1v) is 6.70. The molecule has 0 saturated carbocycles. The van der Waals surface area contributed by atoms with Crippen LogP contribution in [0.3, 0.4) is 0 Å². The molecule has 1 amide bonds.